The van der Waals surface area contributed by atoms with Gasteiger partial charge in [-0.15, -0.1) is 0 Å². The number of imidazole rings is 1. The number of fused-ring (bicyclic) bond motifs is 1. The van der Waals surface area contributed by atoms with E-state index in [-0.39, 0.29) is 0 Å². The highest BCUT2D eigenvalue weighted by molar-refractivity contribution is 5.34. The van der Waals surface area contributed by atoms with Crippen molar-refractivity contribution in [3.8, 4) is 5.69 Å². The SMILES string of the molecule is c1cn(-c2ccc(CN3CCc4cncnc4C3)cc2)cn1. The molecule has 3 aromatic rings. The predicted octanol–water partition coefficient (Wildman–Crippen LogP) is 2.22. The van der Waals surface area contributed by atoms with Crippen LogP contribution >= 0.6 is 0 Å². The fourth-order valence-electron chi connectivity index (χ4n) is 2.88. The fourth-order valence-corrected chi connectivity index (χ4v) is 2.88. The minimum Gasteiger partial charge on any atom is -0.306 e. The molecule has 0 atom stereocenters. The summed E-state index contributed by atoms with van der Waals surface area (Å²) >= 11 is 0. The number of aromatic nitrogens is 4. The zero-order valence-corrected chi connectivity index (χ0v) is 12.3. The third-order valence-corrected chi connectivity index (χ3v) is 4.10. The van der Waals surface area contributed by atoms with E-state index in [4.69, 9.17) is 0 Å². The van der Waals surface area contributed by atoms with Crippen LogP contribution in [0.3, 0.4) is 0 Å². The molecule has 1 aliphatic rings. The second kappa shape index (κ2) is 5.69. The van der Waals surface area contributed by atoms with Gasteiger partial charge in [0.25, 0.3) is 0 Å². The van der Waals surface area contributed by atoms with Gasteiger partial charge in [-0.1, -0.05) is 12.1 Å². The van der Waals surface area contributed by atoms with Gasteiger partial charge in [-0.05, 0) is 29.7 Å². The standard InChI is InChI=1S/C17H17N5/c1-3-16(22-8-6-18-13-22)4-2-14(1)10-21-7-5-15-9-19-12-20-17(15)11-21/h1-4,6,8-9,12-13H,5,7,10-11H2. The van der Waals surface area contributed by atoms with E-state index in [0.717, 1.165) is 37.4 Å². The van der Waals surface area contributed by atoms with E-state index in [2.05, 4.69) is 44.1 Å². The summed E-state index contributed by atoms with van der Waals surface area (Å²) in [5.41, 5.74) is 4.91. The van der Waals surface area contributed by atoms with Gasteiger partial charge < -0.3 is 4.57 Å². The van der Waals surface area contributed by atoms with Gasteiger partial charge in [0.2, 0.25) is 0 Å². The number of benzene rings is 1. The lowest BCUT2D eigenvalue weighted by Crippen LogP contribution is -2.30. The highest BCUT2D eigenvalue weighted by Crippen LogP contribution is 2.18. The highest BCUT2D eigenvalue weighted by Gasteiger charge is 2.17. The Bertz CT molecular complexity index is 749. The summed E-state index contributed by atoms with van der Waals surface area (Å²) < 4.78 is 2.01. The molecule has 22 heavy (non-hydrogen) atoms. The van der Waals surface area contributed by atoms with E-state index in [1.54, 1.807) is 12.5 Å². The topological polar surface area (TPSA) is 46.8 Å². The molecule has 5 heteroatoms. The third-order valence-electron chi connectivity index (χ3n) is 4.10. The Hall–Kier alpha value is -2.53. The average molecular weight is 291 g/mol. The Morgan fingerprint density at radius 3 is 2.82 bits per heavy atom. The minimum atomic E-state index is 0.904. The fraction of sp³-hybridized carbons (Fsp3) is 0.235. The van der Waals surface area contributed by atoms with Crippen molar-refractivity contribution >= 4 is 0 Å². The normalized spacial score (nSPS) is 14.7. The average Bonchev–Trinajstić information content (AvgIpc) is 3.10. The summed E-state index contributed by atoms with van der Waals surface area (Å²) in [6, 6.07) is 8.64. The van der Waals surface area contributed by atoms with Crippen LogP contribution in [-0.4, -0.2) is 31.0 Å². The maximum Gasteiger partial charge on any atom is 0.115 e. The van der Waals surface area contributed by atoms with Crippen LogP contribution in [0.5, 0.6) is 0 Å². The van der Waals surface area contributed by atoms with E-state index in [1.165, 1.54) is 11.1 Å². The Morgan fingerprint density at radius 2 is 2.00 bits per heavy atom. The molecule has 3 heterocycles. The lowest BCUT2D eigenvalue weighted by Gasteiger charge is -2.27. The van der Waals surface area contributed by atoms with Gasteiger partial charge >= 0.3 is 0 Å². The maximum atomic E-state index is 4.40. The number of hydrogen-bond acceptors (Lipinski definition) is 4. The van der Waals surface area contributed by atoms with E-state index >= 15 is 0 Å². The number of nitrogens with zero attached hydrogens (tertiary/aromatic N) is 5. The second-order valence-electron chi connectivity index (χ2n) is 5.59. The molecule has 1 aromatic carbocycles. The van der Waals surface area contributed by atoms with Gasteiger partial charge in [0, 0.05) is 43.9 Å². The van der Waals surface area contributed by atoms with E-state index in [0.29, 0.717) is 0 Å². The van der Waals surface area contributed by atoms with Crippen molar-refractivity contribution in [1.29, 1.82) is 0 Å². The summed E-state index contributed by atoms with van der Waals surface area (Å²) in [5, 5.41) is 0. The summed E-state index contributed by atoms with van der Waals surface area (Å²) in [6.45, 7) is 2.92. The molecular formula is C17H17N5. The highest BCUT2D eigenvalue weighted by atomic mass is 15.1. The molecule has 1 aliphatic heterocycles. The van der Waals surface area contributed by atoms with E-state index in [9.17, 15) is 0 Å². The van der Waals surface area contributed by atoms with Gasteiger partial charge in [-0.2, -0.15) is 0 Å². The van der Waals surface area contributed by atoms with Crippen LogP contribution in [0.4, 0.5) is 0 Å². The lowest BCUT2D eigenvalue weighted by atomic mass is 10.1. The number of rotatable bonds is 3. The van der Waals surface area contributed by atoms with Crippen LogP contribution in [0.2, 0.25) is 0 Å². The van der Waals surface area contributed by atoms with Crippen LogP contribution in [0.25, 0.3) is 5.69 Å². The molecule has 110 valence electrons. The first-order chi connectivity index (χ1) is 10.9. The van der Waals surface area contributed by atoms with Crippen molar-refractivity contribution in [1.82, 2.24) is 24.4 Å². The molecule has 2 aromatic heterocycles. The van der Waals surface area contributed by atoms with Crippen molar-refractivity contribution in [3.05, 3.63) is 72.3 Å². The number of hydrogen-bond donors (Lipinski definition) is 0. The van der Waals surface area contributed by atoms with Crippen molar-refractivity contribution in [2.45, 2.75) is 19.5 Å². The molecular weight excluding hydrogens is 274 g/mol. The zero-order chi connectivity index (χ0) is 14.8. The van der Waals surface area contributed by atoms with E-state index in [1.807, 2.05) is 23.3 Å². The molecule has 0 bridgehead atoms. The molecule has 0 unspecified atom stereocenters. The summed E-state index contributed by atoms with van der Waals surface area (Å²) in [7, 11) is 0. The van der Waals surface area contributed by atoms with Crippen molar-refractivity contribution in [2.75, 3.05) is 6.54 Å². The first kappa shape index (κ1) is 13.2. The Morgan fingerprint density at radius 1 is 1.09 bits per heavy atom. The van der Waals surface area contributed by atoms with Crippen LogP contribution in [0.1, 0.15) is 16.8 Å². The molecule has 0 fully saturated rings. The molecule has 0 spiro atoms. The predicted molar refractivity (Wildman–Crippen MR) is 83.4 cm³/mol. The van der Waals surface area contributed by atoms with Gasteiger partial charge in [-0.25, -0.2) is 15.0 Å². The molecule has 0 N–H and O–H groups in total. The molecule has 0 aliphatic carbocycles. The third kappa shape index (κ3) is 2.63. The van der Waals surface area contributed by atoms with Gasteiger partial charge in [0.1, 0.15) is 6.33 Å². The van der Waals surface area contributed by atoms with Crippen LogP contribution in [0.15, 0.2) is 55.5 Å². The maximum absolute atomic E-state index is 4.40. The zero-order valence-electron chi connectivity index (χ0n) is 12.3. The molecule has 0 amide bonds. The van der Waals surface area contributed by atoms with Gasteiger partial charge in [0.05, 0.1) is 12.0 Å². The minimum absolute atomic E-state index is 0.904. The summed E-state index contributed by atoms with van der Waals surface area (Å²) in [6.07, 6.45) is 10.2. The van der Waals surface area contributed by atoms with Crippen molar-refractivity contribution in [2.24, 2.45) is 0 Å². The van der Waals surface area contributed by atoms with Gasteiger partial charge in [0.15, 0.2) is 0 Å². The van der Waals surface area contributed by atoms with Crippen molar-refractivity contribution in [3.63, 3.8) is 0 Å². The first-order valence-corrected chi connectivity index (χ1v) is 7.46. The monoisotopic (exact) mass is 291 g/mol. The lowest BCUT2D eigenvalue weighted by molar-refractivity contribution is 0.241. The largest absolute Gasteiger partial charge is 0.306 e. The second-order valence-corrected chi connectivity index (χ2v) is 5.59. The summed E-state index contributed by atoms with van der Waals surface area (Å²) in [5.74, 6) is 0. The Labute approximate surface area is 129 Å². The van der Waals surface area contributed by atoms with Crippen LogP contribution in [0, 0.1) is 0 Å². The van der Waals surface area contributed by atoms with Crippen LogP contribution in [-0.2, 0) is 19.5 Å². The molecule has 5 nitrogen and oxygen atoms in total. The quantitative estimate of drug-likeness (QED) is 0.742. The molecule has 0 saturated heterocycles. The first-order valence-electron chi connectivity index (χ1n) is 7.46. The molecule has 0 saturated carbocycles. The molecule has 4 rings (SSSR count). The molecule has 0 radical (unpaired) electrons. The van der Waals surface area contributed by atoms with Crippen LogP contribution < -0.4 is 0 Å². The van der Waals surface area contributed by atoms with Crippen molar-refractivity contribution < 1.29 is 0 Å². The van der Waals surface area contributed by atoms with E-state index < -0.39 is 0 Å². The smallest absolute Gasteiger partial charge is 0.115 e. The Balaban J connectivity index is 1.46. The summed E-state index contributed by atoms with van der Waals surface area (Å²) in [4.78, 5) is 15.0. The Kier molecular flexibility index (Phi) is 3.40. The van der Waals surface area contributed by atoms with Gasteiger partial charge in [-0.3, -0.25) is 4.90 Å².